The average molecular weight is 515 g/mol. The van der Waals surface area contributed by atoms with Crippen molar-refractivity contribution in [2.24, 2.45) is 0 Å². The predicted octanol–water partition coefficient (Wildman–Crippen LogP) is 3.88. The molecule has 2 unspecified atom stereocenters. The van der Waals surface area contributed by atoms with Crippen LogP contribution in [0.25, 0.3) is 6.08 Å². The van der Waals surface area contributed by atoms with Crippen LogP contribution in [-0.2, 0) is 16.1 Å². The van der Waals surface area contributed by atoms with Crippen molar-refractivity contribution in [3.63, 3.8) is 0 Å². The zero-order valence-corrected chi connectivity index (χ0v) is 21.6. The fourth-order valence-corrected chi connectivity index (χ4v) is 5.26. The van der Waals surface area contributed by atoms with E-state index in [1.807, 2.05) is 31.1 Å². The molecule has 0 radical (unpaired) electrons. The van der Waals surface area contributed by atoms with E-state index in [0.29, 0.717) is 22.0 Å². The molecule has 2 heterocycles. The van der Waals surface area contributed by atoms with E-state index < -0.39 is 0 Å². The van der Waals surface area contributed by atoms with Crippen LogP contribution in [0.5, 0.6) is 5.75 Å². The first-order chi connectivity index (χ1) is 17.2. The number of halogens is 2. The fraction of sp³-hybridized carbons (Fsp3) is 0.407. The summed E-state index contributed by atoms with van der Waals surface area (Å²) in [5, 5.41) is 3.24. The zero-order chi connectivity index (χ0) is 25.8. The molecule has 0 aliphatic carbocycles. The van der Waals surface area contributed by atoms with Gasteiger partial charge in [0.2, 0.25) is 11.8 Å². The van der Waals surface area contributed by atoms with Crippen molar-refractivity contribution in [3.05, 3.63) is 64.4 Å². The van der Waals surface area contributed by atoms with Gasteiger partial charge in [0.05, 0.1) is 18.7 Å². The molecule has 2 saturated heterocycles. The fourth-order valence-electron chi connectivity index (χ4n) is 5.02. The number of benzene rings is 2. The molecular formula is C27H32ClFN4O3. The maximum atomic E-state index is 13.3. The summed E-state index contributed by atoms with van der Waals surface area (Å²) in [6.45, 7) is 2.53. The molecule has 4 rings (SSSR count). The van der Waals surface area contributed by atoms with Crippen molar-refractivity contribution >= 4 is 35.2 Å². The predicted molar refractivity (Wildman–Crippen MR) is 140 cm³/mol. The lowest BCUT2D eigenvalue weighted by atomic mass is 10.1. The van der Waals surface area contributed by atoms with Gasteiger partial charge in [0.1, 0.15) is 11.6 Å². The number of nitrogens with zero attached hydrogens (tertiary/aromatic N) is 3. The van der Waals surface area contributed by atoms with Gasteiger partial charge in [-0.25, -0.2) is 4.39 Å². The van der Waals surface area contributed by atoms with Gasteiger partial charge in [-0.1, -0.05) is 23.7 Å². The van der Waals surface area contributed by atoms with Crippen LogP contribution in [0, 0.1) is 5.82 Å². The van der Waals surface area contributed by atoms with Crippen LogP contribution in [0.1, 0.15) is 24.0 Å². The number of rotatable bonds is 8. The van der Waals surface area contributed by atoms with Gasteiger partial charge in [0, 0.05) is 49.0 Å². The third-order valence-electron chi connectivity index (χ3n) is 6.60. The van der Waals surface area contributed by atoms with E-state index in [4.69, 9.17) is 16.3 Å². The molecule has 2 aromatic carbocycles. The molecule has 2 aromatic rings. The topological polar surface area (TPSA) is 65.1 Å². The number of anilines is 1. The second-order valence-corrected chi connectivity index (χ2v) is 10.1. The number of hydrogen-bond donors (Lipinski definition) is 1. The van der Waals surface area contributed by atoms with Crippen molar-refractivity contribution in [1.29, 1.82) is 0 Å². The van der Waals surface area contributed by atoms with Gasteiger partial charge in [-0.15, -0.1) is 0 Å². The summed E-state index contributed by atoms with van der Waals surface area (Å²) >= 11 is 6.29. The number of methoxy groups -OCH3 is 1. The Morgan fingerprint density at radius 1 is 1.17 bits per heavy atom. The van der Waals surface area contributed by atoms with Crippen LogP contribution < -0.4 is 10.1 Å². The molecule has 2 amide bonds. The number of ether oxygens (including phenoxy) is 1. The molecule has 2 aliphatic heterocycles. The number of piperazine rings is 1. The van der Waals surface area contributed by atoms with Crippen molar-refractivity contribution in [1.82, 2.24) is 14.7 Å². The van der Waals surface area contributed by atoms with E-state index in [1.165, 1.54) is 19.2 Å². The highest BCUT2D eigenvalue weighted by Crippen LogP contribution is 2.34. The summed E-state index contributed by atoms with van der Waals surface area (Å²) in [4.78, 5) is 31.7. The second kappa shape index (κ2) is 11.4. The summed E-state index contributed by atoms with van der Waals surface area (Å²) < 4.78 is 18.6. The number of likely N-dealkylation sites (N-methyl/N-ethyl adjacent to an activating group) is 1. The average Bonchev–Trinajstić information content (AvgIpc) is 3.09. The number of fused-ring (bicyclic) bond motifs is 2. The van der Waals surface area contributed by atoms with Crippen molar-refractivity contribution in [3.8, 4) is 5.75 Å². The molecular weight excluding hydrogens is 483 g/mol. The van der Waals surface area contributed by atoms with E-state index in [2.05, 4.69) is 10.2 Å². The van der Waals surface area contributed by atoms with E-state index >= 15 is 0 Å². The third-order valence-corrected chi connectivity index (χ3v) is 6.89. The normalized spacial score (nSPS) is 19.8. The van der Waals surface area contributed by atoms with Crippen molar-refractivity contribution in [2.75, 3.05) is 46.2 Å². The van der Waals surface area contributed by atoms with Crippen molar-refractivity contribution in [2.45, 2.75) is 31.5 Å². The highest BCUT2D eigenvalue weighted by Gasteiger charge is 2.41. The molecule has 2 atom stereocenters. The minimum Gasteiger partial charge on any atom is -0.495 e. The smallest absolute Gasteiger partial charge is 0.247 e. The van der Waals surface area contributed by atoms with Gasteiger partial charge in [-0.05, 0) is 62.8 Å². The number of nitrogens with one attached hydrogen (secondary N) is 1. The lowest BCUT2D eigenvalue weighted by molar-refractivity contribution is -0.131. The van der Waals surface area contributed by atoms with Crippen LogP contribution in [0.2, 0.25) is 5.02 Å². The zero-order valence-electron chi connectivity index (χ0n) is 20.8. The molecule has 7 nitrogen and oxygen atoms in total. The number of carbonyl (C=O) groups is 2. The van der Waals surface area contributed by atoms with Gasteiger partial charge >= 0.3 is 0 Å². The van der Waals surface area contributed by atoms with E-state index in [-0.39, 0.29) is 36.3 Å². The van der Waals surface area contributed by atoms with Crippen LogP contribution in [0.4, 0.5) is 10.1 Å². The summed E-state index contributed by atoms with van der Waals surface area (Å²) in [5.74, 6) is -0.00967. The molecule has 9 heteroatoms. The minimum atomic E-state index is -0.236. The van der Waals surface area contributed by atoms with Gasteiger partial charge in [-0.2, -0.15) is 0 Å². The summed E-state index contributed by atoms with van der Waals surface area (Å²) in [5.41, 5.74) is 2.22. The minimum absolute atomic E-state index is 0.0524. The number of likely N-dealkylation sites (tertiary alicyclic amines) is 1. The maximum Gasteiger partial charge on any atom is 0.247 e. The quantitative estimate of drug-likeness (QED) is 0.542. The molecule has 192 valence electrons. The summed E-state index contributed by atoms with van der Waals surface area (Å²) in [6, 6.07) is 10.2. The highest BCUT2D eigenvalue weighted by molar-refractivity contribution is 6.32. The van der Waals surface area contributed by atoms with E-state index in [1.54, 1.807) is 29.2 Å². The molecule has 0 spiro atoms. The first-order valence-corrected chi connectivity index (χ1v) is 12.4. The summed E-state index contributed by atoms with van der Waals surface area (Å²) in [7, 11) is 5.15. The Morgan fingerprint density at radius 3 is 2.44 bits per heavy atom. The molecule has 2 bridgehead atoms. The Hall–Kier alpha value is -2.94. The van der Waals surface area contributed by atoms with Crippen LogP contribution in [0.3, 0.4) is 0 Å². The Bertz CT molecular complexity index is 1120. The molecule has 2 aliphatic rings. The van der Waals surface area contributed by atoms with Gasteiger partial charge in [-0.3, -0.25) is 14.5 Å². The lowest BCUT2D eigenvalue weighted by Gasteiger charge is -2.40. The number of amides is 2. The monoisotopic (exact) mass is 514 g/mol. The standard InChI is InChI=1S/C27H32ClFN4O3/c1-31(2)17-26(34)30-24-13-23(28)25(36-3)12-19(24)6-11-27(35)33-21-9-10-22(33)16-32(15-21)14-18-4-7-20(29)8-5-18/h4-8,11-13,21-22H,9-10,14-17H2,1-3H3,(H,30,34)/b11-6+. The highest BCUT2D eigenvalue weighted by atomic mass is 35.5. The number of carbonyl (C=O) groups excluding carboxylic acids is 2. The molecule has 2 fully saturated rings. The van der Waals surface area contributed by atoms with Crippen LogP contribution >= 0.6 is 11.6 Å². The first-order valence-electron chi connectivity index (χ1n) is 12.0. The van der Waals surface area contributed by atoms with Gasteiger partial charge in [0.15, 0.2) is 0 Å². The Balaban J connectivity index is 1.46. The third kappa shape index (κ3) is 6.24. The maximum absolute atomic E-state index is 13.3. The van der Waals surface area contributed by atoms with Gasteiger partial charge < -0.3 is 19.9 Å². The molecule has 1 N–H and O–H groups in total. The first kappa shape index (κ1) is 26.1. The molecule has 0 saturated carbocycles. The molecule has 36 heavy (non-hydrogen) atoms. The Morgan fingerprint density at radius 2 is 1.83 bits per heavy atom. The van der Waals surface area contributed by atoms with E-state index in [0.717, 1.165) is 38.0 Å². The SMILES string of the molecule is COc1cc(/C=C/C(=O)N2C3CCC2CN(Cc2ccc(F)cc2)C3)c(NC(=O)CN(C)C)cc1Cl. The molecule has 0 aromatic heterocycles. The summed E-state index contributed by atoms with van der Waals surface area (Å²) in [6.07, 6.45) is 5.19. The second-order valence-electron chi connectivity index (χ2n) is 9.64. The van der Waals surface area contributed by atoms with Crippen LogP contribution in [-0.4, -0.2) is 79.4 Å². The number of hydrogen-bond acceptors (Lipinski definition) is 5. The lowest BCUT2D eigenvalue weighted by Crippen LogP contribution is -2.55. The van der Waals surface area contributed by atoms with Gasteiger partial charge in [0.25, 0.3) is 0 Å². The van der Waals surface area contributed by atoms with Crippen molar-refractivity contribution < 1.29 is 18.7 Å². The Labute approximate surface area is 216 Å². The van der Waals surface area contributed by atoms with E-state index in [9.17, 15) is 14.0 Å². The Kier molecular flexibility index (Phi) is 8.28. The van der Waals surface area contributed by atoms with Crippen LogP contribution in [0.15, 0.2) is 42.5 Å². The largest absolute Gasteiger partial charge is 0.495 e.